The molecule has 0 radical (unpaired) electrons. The average molecular weight is 673 g/mol. The molecule has 0 aliphatic rings. The second-order valence-electron chi connectivity index (χ2n) is 11.9. The summed E-state index contributed by atoms with van der Waals surface area (Å²) in [5, 5.41) is 14.0. The van der Waals surface area contributed by atoms with Gasteiger partial charge in [0, 0.05) is 22.9 Å². The van der Waals surface area contributed by atoms with Gasteiger partial charge in [0.05, 0.1) is 15.5 Å². The van der Waals surface area contributed by atoms with Gasteiger partial charge in [-0.2, -0.15) is 0 Å². The van der Waals surface area contributed by atoms with Crippen LogP contribution in [0.5, 0.6) is 11.5 Å². The van der Waals surface area contributed by atoms with Crippen LogP contribution in [0.1, 0.15) is 41.5 Å². The third-order valence-electron chi connectivity index (χ3n) is 7.00. The molecule has 5 aromatic carbocycles. The van der Waals surface area contributed by atoms with Crippen LogP contribution >= 0.6 is 0 Å². The molecule has 0 atom stereocenters. The average Bonchev–Trinajstić information content (AvgIpc) is 3.00. The number of anilines is 1. The third-order valence-corrected chi connectivity index (χ3v) is 9.93. The number of hydrogen-bond donors (Lipinski definition) is 3. The van der Waals surface area contributed by atoms with Crippen molar-refractivity contribution in [1.29, 1.82) is 0 Å². The number of amides is 1. The van der Waals surface area contributed by atoms with Crippen molar-refractivity contribution >= 4 is 48.2 Å². The number of carboxylic acids is 1. The molecule has 0 saturated carbocycles. The van der Waals surface area contributed by atoms with E-state index < -0.39 is 37.3 Å². The zero-order valence-corrected chi connectivity index (χ0v) is 27.6. The topological polar surface area (TPSA) is 156 Å². The maximum Gasteiger partial charge on any atom is 0.339 e. The molecule has 0 heterocycles. The van der Waals surface area contributed by atoms with Crippen LogP contribution < -0.4 is 14.8 Å². The van der Waals surface area contributed by atoms with Gasteiger partial charge in [-0.25, -0.2) is 26.4 Å². The smallest absolute Gasteiger partial charge is 0.339 e. The summed E-state index contributed by atoms with van der Waals surface area (Å²) in [7, 11) is -7.55. The number of benzene rings is 5. The Kier molecular flexibility index (Phi) is 8.96. The number of sulfonamides is 1. The van der Waals surface area contributed by atoms with Gasteiger partial charge < -0.3 is 15.2 Å². The summed E-state index contributed by atoms with van der Waals surface area (Å²) in [6.07, 6.45) is 1.02. The number of rotatable bonds is 9. The quantitative estimate of drug-likeness (QED) is 0.156. The van der Waals surface area contributed by atoms with Gasteiger partial charge in [0.15, 0.2) is 15.6 Å². The van der Waals surface area contributed by atoms with Crippen LogP contribution in [0.25, 0.3) is 21.9 Å². The summed E-state index contributed by atoms with van der Waals surface area (Å²) >= 11 is 0. The third kappa shape index (κ3) is 7.68. The van der Waals surface area contributed by atoms with Crippen molar-refractivity contribution in [3.63, 3.8) is 0 Å². The van der Waals surface area contributed by atoms with E-state index in [4.69, 9.17) is 4.74 Å². The molecular weight excluding hydrogens is 641 g/mol. The van der Waals surface area contributed by atoms with Crippen molar-refractivity contribution in [2.75, 3.05) is 11.6 Å². The minimum atomic E-state index is -3.86. The van der Waals surface area contributed by atoms with Crippen LogP contribution in [-0.2, 0) is 19.9 Å². The van der Waals surface area contributed by atoms with E-state index >= 15 is 0 Å². The Morgan fingerprint density at radius 3 is 1.98 bits per heavy atom. The summed E-state index contributed by atoms with van der Waals surface area (Å²) in [4.78, 5) is 25.5. The first-order chi connectivity index (χ1) is 22.0. The number of hydrogen-bond acceptors (Lipinski definition) is 7. The number of carbonyl (C=O) groups excluding carboxylic acids is 1. The van der Waals surface area contributed by atoms with Crippen molar-refractivity contribution in [3.8, 4) is 22.6 Å². The van der Waals surface area contributed by atoms with Gasteiger partial charge in [0.2, 0.25) is 10.0 Å². The van der Waals surface area contributed by atoms with Gasteiger partial charge in [-0.15, -0.1) is 0 Å². The number of carbonyl (C=O) groups is 2. The number of carboxylic acid groups (broad SMARTS) is 1. The predicted octanol–water partition coefficient (Wildman–Crippen LogP) is 6.73. The number of fused-ring (bicyclic) bond motifs is 1. The first kappa shape index (κ1) is 33.3. The Morgan fingerprint density at radius 1 is 0.745 bits per heavy atom. The molecule has 10 nitrogen and oxygen atoms in total. The summed E-state index contributed by atoms with van der Waals surface area (Å²) in [6, 6.07) is 26.8. The Labute approximate surface area is 273 Å². The predicted molar refractivity (Wildman–Crippen MR) is 180 cm³/mol. The molecule has 5 aromatic rings. The van der Waals surface area contributed by atoms with Gasteiger partial charge in [-0.1, -0.05) is 54.6 Å². The first-order valence-corrected chi connectivity index (χ1v) is 17.7. The molecule has 3 N–H and O–H groups in total. The van der Waals surface area contributed by atoms with Gasteiger partial charge in [-0.3, -0.25) is 4.79 Å². The van der Waals surface area contributed by atoms with Gasteiger partial charge in [0.25, 0.3) is 5.91 Å². The zero-order chi connectivity index (χ0) is 34.1. The molecule has 0 unspecified atom stereocenters. The summed E-state index contributed by atoms with van der Waals surface area (Å²) in [5.74, 6) is -1.82. The van der Waals surface area contributed by atoms with Gasteiger partial charge in [0.1, 0.15) is 11.3 Å². The van der Waals surface area contributed by atoms with E-state index in [9.17, 15) is 31.5 Å². The first-order valence-electron chi connectivity index (χ1n) is 14.3. The zero-order valence-electron chi connectivity index (χ0n) is 25.9. The van der Waals surface area contributed by atoms with Crippen LogP contribution in [0.15, 0.2) is 113 Å². The van der Waals surface area contributed by atoms with E-state index in [2.05, 4.69) is 10.0 Å². The fourth-order valence-corrected chi connectivity index (χ4v) is 7.21. The van der Waals surface area contributed by atoms with Crippen molar-refractivity contribution in [1.82, 2.24) is 4.72 Å². The maximum atomic E-state index is 13.4. The highest BCUT2D eigenvalue weighted by Gasteiger charge is 2.25. The molecule has 5 rings (SSSR count). The number of aromatic carboxylic acids is 1. The Hall–Kier alpha value is -5.04. The molecule has 0 aromatic heterocycles. The molecule has 0 fully saturated rings. The number of ether oxygens (including phenoxy) is 1. The molecule has 1 amide bonds. The Balaban J connectivity index is 1.48. The highest BCUT2D eigenvalue weighted by atomic mass is 32.2. The molecule has 12 heteroatoms. The van der Waals surface area contributed by atoms with Crippen LogP contribution in [0.2, 0.25) is 0 Å². The molecule has 0 bridgehead atoms. The number of sulfone groups is 1. The summed E-state index contributed by atoms with van der Waals surface area (Å²) in [5.41, 5.74) is 0.359. The molecule has 0 saturated heterocycles. The van der Waals surface area contributed by atoms with Gasteiger partial charge in [-0.05, 0) is 85.6 Å². The van der Waals surface area contributed by atoms with Crippen LogP contribution in [0.3, 0.4) is 0 Å². The Morgan fingerprint density at radius 2 is 1.36 bits per heavy atom. The van der Waals surface area contributed by atoms with E-state index in [0.717, 1.165) is 11.6 Å². The van der Waals surface area contributed by atoms with Crippen LogP contribution in [0.4, 0.5) is 5.69 Å². The van der Waals surface area contributed by atoms with Gasteiger partial charge >= 0.3 is 5.97 Å². The van der Waals surface area contributed by atoms with E-state index in [1.807, 2.05) is 0 Å². The second kappa shape index (κ2) is 12.6. The molecule has 47 heavy (non-hydrogen) atoms. The van der Waals surface area contributed by atoms with Crippen LogP contribution in [-0.4, -0.2) is 45.6 Å². The Bertz CT molecular complexity index is 2240. The van der Waals surface area contributed by atoms with Crippen molar-refractivity contribution in [2.24, 2.45) is 0 Å². The molecule has 0 aliphatic heterocycles. The highest BCUT2D eigenvalue weighted by Crippen LogP contribution is 2.36. The van der Waals surface area contributed by atoms with Crippen molar-refractivity contribution in [3.05, 3.63) is 114 Å². The fraction of sp³-hybridized carbons (Fsp3) is 0.143. The van der Waals surface area contributed by atoms with E-state index in [1.54, 1.807) is 81.4 Å². The summed E-state index contributed by atoms with van der Waals surface area (Å²) in [6.45, 7) is 5.24. The lowest BCUT2D eigenvalue weighted by Crippen LogP contribution is -2.40. The largest absolute Gasteiger partial charge is 0.478 e. The van der Waals surface area contributed by atoms with Crippen molar-refractivity contribution in [2.45, 2.75) is 36.1 Å². The maximum absolute atomic E-state index is 13.4. The lowest BCUT2D eigenvalue weighted by atomic mass is 10.0. The lowest BCUT2D eigenvalue weighted by molar-refractivity contribution is 0.0694. The fourth-order valence-electron chi connectivity index (χ4n) is 4.91. The normalized spacial score (nSPS) is 12.1. The van der Waals surface area contributed by atoms with Crippen molar-refractivity contribution < 1.29 is 36.3 Å². The molecule has 0 aliphatic carbocycles. The van der Waals surface area contributed by atoms with E-state index in [1.165, 1.54) is 42.5 Å². The number of nitrogens with one attached hydrogen (secondary N) is 2. The molecule has 0 spiro atoms. The highest BCUT2D eigenvalue weighted by molar-refractivity contribution is 7.90. The molecular formula is C35H32N2O8S2. The lowest BCUT2D eigenvalue weighted by Gasteiger charge is -2.21. The monoisotopic (exact) mass is 672 g/mol. The minimum Gasteiger partial charge on any atom is -0.478 e. The SMILES string of the molecule is CC(C)(C)NS(=O)(=O)c1ccccc1-c1ccc(C(=O)Nc2cc(S(C)(=O)=O)ccc2Oc2cc3ccccc3cc2C(=O)O)cc1. The molecule has 242 valence electrons. The summed E-state index contributed by atoms with van der Waals surface area (Å²) < 4.78 is 59.7. The minimum absolute atomic E-state index is 0.00211. The second-order valence-corrected chi connectivity index (χ2v) is 15.6. The van der Waals surface area contributed by atoms with E-state index in [-0.39, 0.29) is 38.1 Å². The van der Waals surface area contributed by atoms with E-state index in [0.29, 0.717) is 16.5 Å². The van der Waals surface area contributed by atoms with Crippen LogP contribution in [0, 0.1) is 0 Å². The standard InChI is InChI=1S/C35H32N2O8S2/c1-35(2,3)37-47(43,44)32-12-8-7-11-27(32)22-13-15-23(16-14-22)33(38)36-29-21-26(46(4,41)42)17-18-30(29)45-31-20-25-10-6-5-9-24(25)19-28(31)34(39)40/h5-21,37H,1-4H3,(H,36,38)(H,39,40).